The van der Waals surface area contributed by atoms with Crippen molar-refractivity contribution in [2.45, 2.75) is 13.8 Å². The number of carbonyl (C=O) groups excluding carboxylic acids is 1. The van der Waals surface area contributed by atoms with Gasteiger partial charge in [0.05, 0.1) is 11.1 Å². The van der Waals surface area contributed by atoms with Crippen LogP contribution < -0.4 is 4.74 Å². The quantitative estimate of drug-likeness (QED) is 0.250. The van der Waals surface area contributed by atoms with Crippen molar-refractivity contribution < 1.29 is 19.0 Å². The molecule has 1 heterocycles. The number of esters is 1. The number of aromatic nitrogens is 1. The van der Waals surface area contributed by atoms with Crippen LogP contribution in [0.4, 0.5) is 4.39 Å². The summed E-state index contributed by atoms with van der Waals surface area (Å²) in [4.78, 5) is 17.1. The number of rotatable bonds is 4. The summed E-state index contributed by atoms with van der Waals surface area (Å²) in [6.45, 7) is 3.69. The smallest absolute Gasteiger partial charge is 0.343 e. The number of carbonyl (C=O) groups is 1. The molecule has 0 bridgehead atoms. The van der Waals surface area contributed by atoms with Crippen molar-refractivity contribution in [2.75, 3.05) is 0 Å². The van der Waals surface area contributed by atoms with E-state index >= 15 is 0 Å². The van der Waals surface area contributed by atoms with Crippen molar-refractivity contribution in [1.82, 2.24) is 4.98 Å². The number of aromatic hydroxyl groups is 1. The van der Waals surface area contributed by atoms with Gasteiger partial charge in [-0.15, -0.1) is 0 Å². The number of pyridine rings is 1. The number of hydrogen-bond acceptors (Lipinski definition) is 4. The minimum absolute atomic E-state index is 0.124. The molecule has 0 unspecified atom stereocenters. The minimum atomic E-state index is -0.663. The number of phenols is 1. The van der Waals surface area contributed by atoms with Crippen LogP contribution >= 0.6 is 0 Å². The van der Waals surface area contributed by atoms with Crippen LogP contribution in [0.2, 0.25) is 0 Å². The van der Waals surface area contributed by atoms with Crippen LogP contribution in [0.5, 0.6) is 11.5 Å². The Hall–Kier alpha value is -3.99. The lowest BCUT2D eigenvalue weighted by Crippen LogP contribution is -2.10. The molecule has 0 saturated carbocycles. The van der Waals surface area contributed by atoms with Gasteiger partial charge < -0.3 is 9.84 Å². The third kappa shape index (κ3) is 4.31. The molecule has 0 aliphatic heterocycles. The molecule has 0 aliphatic rings. The van der Waals surface area contributed by atoms with Crippen molar-refractivity contribution in [1.29, 1.82) is 0 Å². The normalized spacial score (nSPS) is 11.2. The van der Waals surface area contributed by atoms with E-state index in [4.69, 9.17) is 4.74 Å². The average Bonchev–Trinajstić information content (AvgIpc) is 2.77. The zero-order valence-corrected chi connectivity index (χ0v) is 17.1. The Balaban J connectivity index is 1.73. The molecule has 5 heteroatoms. The number of para-hydroxylation sites is 1. The van der Waals surface area contributed by atoms with E-state index in [1.165, 1.54) is 18.2 Å². The van der Waals surface area contributed by atoms with Gasteiger partial charge in [0.15, 0.2) is 11.6 Å². The van der Waals surface area contributed by atoms with E-state index in [1.54, 1.807) is 24.4 Å². The van der Waals surface area contributed by atoms with Gasteiger partial charge in [0.2, 0.25) is 0 Å². The van der Waals surface area contributed by atoms with Crippen LogP contribution in [0.1, 0.15) is 32.6 Å². The van der Waals surface area contributed by atoms with Crippen molar-refractivity contribution in [3.63, 3.8) is 0 Å². The number of aryl methyl sites for hydroxylation is 2. The van der Waals surface area contributed by atoms with Gasteiger partial charge in [-0.2, -0.15) is 0 Å². The van der Waals surface area contributed by atoms with Gasteiger partial charge >= 0.3 is 5.97 Å². The second kappa shape index (κ2) is 8.40. The number of hydrogen-bond donors (Lipinski definition) is 1. The Labute approximate surface area is 179 Å². The molecule has 154 valence electrons. The van der Waals surface area contributed by atoms with Crippen LogP contribution in [0.25, 0.3) is 23.1 Å². The molecular formula is C26H20FNO3. The van der Waals surface area contributed by atoms with E-state index in [1.807, 2.05) is 50.3 Å². The molecule has 1 aromatic heterocycles. The monoisotopic (exact) mass is 413 g/mol. The van der Waals surface area contributed by atoms with Gasteiger partial charge in [-0.3, -0.25) is 4.98 Å². The zero-order chi connectivity index (χ0) is 22.0. The van der Waals surface area contributed by atoms with Crippen LogP contribution in [-0.4, -0.2) is 16.1 Å². The van der Waals surface area contributed by atoms with Crippen molar-refractivity contribution in [3.05, 3.63) is 100 Å². The maximum Gasteiger partial charge on any atom is 0.343 e. The maximum atomic E-state index is 13.9. The third-order valence-corrected chi connectivity index (χ3v) is 5.00. The van der Waals surface area contributed by atoms with Gasteiger partial charge in [-0.25, -0.2) is 9.18 Å². The summed E-state index contributed by atoms with van der Waals surface area (Å²) in [5, 5.41) is 10.9. The van der Waals surface area contributed by atoms with E-state index in [2.05, 4.69) is 4.98 Å². The van der Waals surface area contributed by atoms with Crippen LogP contribution in [-0.2, 0) is 0 Å². The molecule has 0 spiro atoms. The molecule has 0 amide bonds. The molecule has 4 nitrogen and oxygen atoms in total. The zero-order valence-electron chi connectivity index (χ0n) is 17.1. The second-order valence-electron chi connectivity index (χ2n) is 7.29. The van der Waals surface area contributed by atoms with Crippen molar-refractivity contribution in [3.8, 4) is 11.5 Å². The summed E-state index contributed by atoms with van der Waals surface area (Å²) in [6.07, 6.45) is 5.44. The predicted octanol–water partition coefficient (Wildman–Crippen LogP) is 6.09. The second-order valence-corrected chi connectivity index (χ2v) is 7.29. The van der Waals surface area contributed by atoms with Crippen LogP contribution in [0.3, 0.4) is 0 Å². The summed E-state index contributed by atoms with van der Waals surface area (Å²) in [6, 6.07) is 16.6. The van der Waals surface area contributed by atoms with Crippen molar-refractivity contribution in [2.24, 2.45) is 0 Å². The van der Waals surface area contributed by atoms with E-state index in [-0.39, 0.29) is 17.1 Å². The Morgan fingerprint density at radius 1 is 1.00 bits per heavy atom. The maximum absolute atomic E-state index is 13.9. The van der Waals surface area contributed by atoms with Crippen LogP contribution in [0, 0.1) is 19.7 Å². The predicted molar refractivity (Wildman–Crippen MR) is 120 cm³/mol. The molecule has 0 radical (unpaired) electrons. The first-order chi connectivity index (χ1) is 14.9. The van der Waals surface area contributed by atoms with E-state index in [0.29, 0.717) is 5.52 Å². The highest BCUT2D eigenvalue weighted by Gasteiger charge is 2.14. The molecule has 3 aromatic carbocycles. The summed E-state index contributed by atoms with van der Waals surface area (Å²) in [5.74, 6) is -1.11. The number of nitrogens with zero attached hydrogens (tertiary/aromatic N) is 1. The molecule has 31 heavy (non-hydrogen) atoms. The molecule has 0 atom stereocenters. The Morgan fingerprint density at radius 3 is 2.48 bits per heavy atom. The average molecular weight is 413 g/mol. The molecule has 1 N–H and O–H groups in total. The Kier molecular flexibility index (Phi) is 5.50. The van der Waals surface area contributed by atoms with Crippen LogP contribution in [0.15, 0.2) is 66.9 Å². The number of halogens is 1. The highest BCUT2D eigenvalue weighted by molar-refractivity contribution is 5.99. The summed E-state index contributed by atoms with van der Waals surface area (Å²) >= 11 is 0. The first kappa shape index (κ1) is 20.3. The standard InChI is InChI=1S/C26H20FNO3/c1-16-12-18(13-17(2)25(16)29)9-10-19-14-20(15-23-21(19)6-5-11-28-23)26(30)31-24-8-4-3-7-22(24)27/h3-15,29H,1-2H3. The van der Waals surface area contributed by atoms with Gasteiger partial charge in [0.1, 0.15) is 5.75 Å². The lowest BCUT2D eigenvalue weighted by molar-refractivity contribution is 0.0728. The molecule has 4 rings (SSSR count). The van der Waals surface area contributed by atoms with E-state index in [0.717, 1.165) is 27.6 Å². The van der Waals surface area contributed by atoms with Crippen molar-refractivity contribution >= 4 is 29.0 Å². The van der Waals surface area contributed by atoms with Gasteiger partial charge in [-0.05, 0) is 78.6 Å². The summed E-state index contributed by atoms with van der Waals surface area (Å²) in [5.41, 5.74) is 4.16. The van der Waals surface area contributed by atoms with Gasteiger partial charge in [0.25, 0.3) is 0 Å². The fourth-order valence-corrected chi connectivity index (χ4v) is 3.42. The topological polar surface area (TPSA) is 59.4 Å². The molecule has 0 fully saturated rings. The fraction of sp³-hybridized carbons (Fsp3) is 0.0769. The lowest BCUT2D eigenvalue weighted by Gasteiger charge is -2.09. The first-order valence-corrected chi connectivity index (χ1v) is 9.76. The lowest BCUT2D eigenvalue weighted by atomic mass is 10.0. The number of ether oxygens (including phenoxy) is 1. The Morgan fingerprint density at radius 2 is 1.74 bits per heavy atom. The summed E-state index contributed by atoms with van der Waals surface area (Å²) in [7, 11) is 0. The van der Waals surface area contributed by atoms with Gasteiger partial charge in [-0.1, -0.05) is 30.4 Å². The highest BCUT2D eigenvalue weighted by atomic mass is 19.1. The largest absolute Gasteiger partial charge is 0.507 e. The molecule has 4 aromatic rings. The molecular weight excluding hydrogens is 393 g/mol. The van der Waals surface area contributed by atoms with Gasteiger partial charge in [0, 0.05) is 11.6 Å². The first-order valence-electron chi connectivity index (χ1n) is 9.76. The minimum Gasteiger partial charge on any atom is -0.507 e. The summed E-state index contributed by atoms with van der Waals surface area (Å²) < 4.78 is 19.1. The number of benzene rings is 3. The Bertz CT molecular complexity index is 1300. The third-order valence-electron chi connectivity index (χ3n) is 5.00. The molecule has 0 aliphatic carbocycles. The SMILES string of the molecule is Cc1cc(C=Cc2cc(C(=O)Oc3ccccc3F)cc3ncccc23)cc(C)c1O. The fourth-order valence-electron chi connectivity index (χ4n) is 3.42. The molecule has 0 saturated heterocycles. The highest BCUT2D eigenvalue weighted by Crippen LogP contribution is 2.26. The number of phenolic OH excluding ortho intramolecular Hbond substituents is 1. The number of fused-ring (bicyclic) bond motifs is 1. The van der Waals surface area contributed by atoms with E-state index < -0.39 is 11.8 Å². The van der Waals surface area contributed by atoms with E-state index in [9.17, 15) is 14.3 Å².